The number of H-pyrrole nitrogens is 1. The van der Waals surface area contributed by atoms with Gasteiger partial charge >= 0.3 is 0 Å². The van der Waals surface area contributed by atoms with Crippen LogP contribution in [0.25, 0.3) is 38.6 Å². The molecule has 0 aliphatic carbocycles. The Morgan fingerprint density at radius 1 is 1.06 bits per heavy atom. The van der Waals surface area contributed by atoms with E-state index in [0.717, 1.165) is 64.7 Å². The highest BCUT2D eigenvalue weighted by molar-refractivity contribution is 6.05. The minimum Gasteiger partial charge on any atom is -0.481 e. The van der Waals surface area contributed by atoms with Crippen molar-refractivity contribution in [2.45, 2.75) is 18.8 Å². The van der Waals surface area contributed by atoms with Gasteiger partial charge in [-0.3, -0.25) is 5.10 Å². The summed E-state index contributed by atoms with van der Waals surface area (Å²) in [6.45, 7) is 1.45. The predicted molar refractivity (Wildman–Crippen MR) is 125 cm³/mol. The molecule has 0 radical (unpaired) electrons. The van der Waals surface area contributed by atoms with Crippen LogP contribution in [0.5, 0.6) is 5.88 Å². The molecule has 6 rings (SSSR count). The number of aromatic nitrogens is 4. The first-order chi connectivity index (χ1) is 16.2. The van der Waals surface area contributed by atoms with E-state index in [1.807, 2.05) is 30.6 Å². The van der Waals surface area contributed by atoms with Crippen molar-refractivity contribution in [3.8, 4) is 22.7 Å². The Hall–Kier alpha value is -3.71. The van der Waals surface area contributed by atoms with Gasteiger partial charge < -0.3 is 14.0 Å². The van der Waals surface area contributed by atoms with Crippen LogP contribution >= 0.6 is 0 Å². The third-order valence-corrected chi connectivity index (χ3v) is 6.49. The number of nitrogens with one attached hydrogen (secondary N) is 1. The maximum atomic E-state index is 13.8. The zero-order valence-corrected chi connectivity index (χ0v) is 18.2. The Bertz CT molecular complexity index is 1430. The molecule has 6 nitrogen and oxygen atoms in total. The Balaban J connectivity index is 1.72. The Kier molecular flexibility index (Phi) is 4.84. The molecule has 0 amide bonds. The number of methoxy groups -OCH3 is 1. The lowest BCUT2D eigenvalue weighted by molar-refractivity contribution is 0.0843. The van der Waals surface area contributed by atoms with Gasteiger partial charge in [-0.2, -0.15) is 5.10 Å². The second-order valence-corrected chi connectivity index (χ2v) is 8.37. The van der Waals surface area contributed by atoms with Crippen LogP contribution in [0, 0.1) is 5.82 Å². The van der Waals surface area contributed by atoms with E-state index in [1.54, 1.807) is 7.11 Å². The highest BCUT2D eigenvalue weighted by Crippen LogP contribution is 2.44. The standard InChI is InChI=1S/C26H23FN4O2/c1-32-24-7-2-17(14-28-24)25-21-13-22-18(15-29-30-22)12-23(21)31(20-5-3-19(27)4-6-20)26(25)16-8-10-33-11-9-16/h2-7,12-16H,8-11H2,1H3,(H,29,30). The van der Waals surface area contributed by atoms with Crippen molar-refractivity contribution in [3.63, 3.8) is 0 Å². The van der Waals surface area contributed by atoms with Gasteiger partial charge in [-0.05, 0) is 55.3 Å². The number of benzene rings is 2. The fourth-order valence-corrected chi connectivity index (χ4v) is 4.92. The van der Waals surface area contributed by atoms with E-state index < -0.39 is 0 Å². The van der Waals surface area contributed by atoms with Crippen LogP contribution in [0.15, 0.2) is 60.9 Å². The molecule has 166 valence electrons. The van der Waals surface area contributed by atoms with E-state index >= 15 is 0 Å². The average molecular weight is 442 g/mol. The van der Waals surface area contributed by atoms with Crippen LogP contribution in [0.4, 0.5) is 4.39 Å². The predicted octanol–water partition coefficient (Wildman–Crippen LogP) is 5.61. The van der Waals surface area contributed by atoms with E-state index in [9.17, 15) is 4.39 Å². The number of aromatic amines is 1. The number of hydrogen-bond acceptors (Lipinski definition) is 4. The molecule has 0 saturated carbocycles. The smallest absolute Gasteiger partial charge is 0.212 e. The van der Waals surface area contributed by atoms with Gasteiger partial charge in [0.2, 0.25) is 5.88 Å². The van der Waals surface area contributed by atoms with Crippen LogP contribution < -0.4 is 4.74 Å². The van der Waals surface area contributed by atoms with Crippen molar-refractivity contribution in [1.29, 1.82) is 0 Å². The van der Waals surface area contributed by atoms with Gasteiger partial charge in [0.1, 0.15) is 5.82 Å². The molecule has 0 bridgehead atoms. The van der Waals surface area contributed by atoms with Gasteiger partial charge in [0, 0.05) is 64.7 Å². The van der Waals surface area contributed by atoms with E-state index in [1.165, 1.54) is 17.8 Å². The summed E-state index contributed by atoms with van der Waals surface area (Å²) in [5.41, 5.74) is 6.31. The van der Waals surface area contributed by atoms with Crippen LogP contribution in [-0.2, 0) is 4.74 Å². The van der Waals surface area contributed by atoms with Gasteiger partial charge in [-0.15, -0.1) is 0 Å². The number of fused-ring (bicyclic) bond motifs is 2. The fraction of sp³-hybridized carbons (Fsp3) is 0.231. The Morgan fingerprint density at radius 3 is 2.61 bits per heavy atom. The van der Waals surface area contributed by atoms with Crippen LogP contribution in [-0.4, -0.2) is 40.1 Å². The second-order valence-electron chi connectivity index (χ2n) is 8.37. The van der Waals surface area contributed by atoms with Crippen LogP contribution in [0.1, 0.15) is 24.5 Å². The maximum Gasteiger partial charge on any atom is 0.212 e. The quantitative estimate of drug-likeness (QED) is 0.393. The third-order valence-electron chi connectivity index (χ3n) is 6.49. The molecular formula is C26H23FN4O2. The molecule has 0 unspecified atom stereocenters. The van der Waals surface area contributed by atoms with E-state index in [2.05, 4.69) is 37.9 Å². The summed E-state index contributed by atoms with van der Waals surface area (Å²) in [6.07, 6.45) is 5.54. The fourth-order valence-electron chi connectivity index (χ4n) is 4.92. The zero-order valence-electron chi connectivity index (χ0n) is 18.2. The maximum absolute atomic E-state index is 13.8. The van der Waals surface area contributed by atoms with Crippen molar-refractivity contribution >= 4 is 21.8 Å². The summed E-state index contributed by atoms with van der Waals surface area (Å²) in [5, 5.41) is 9.46. The van der Waals surface area contributed by atoms with Crippen molar-refractivity contribution in [2.24, 2.45) is 0 Å². The lowest BCUT2D eigenvalue weighted by atomic mass is 9.90. The molecule has 0 atom stereocenters. The summed E-state index contributed by atoms with van der Waals surface area (Å²) in [6, 6.07) is 15.0. The highest BCUT2D eigenvalue weighted by atomic mass is 19.1. The number of halogens is 1. The van der Waals surface area contributed by atoms with Gasteiger partial charge in [-0.25, -0.2) is 9.37 Å². The average Bonchev–Trinajstić information content (AvgIpc) is 3.45. The first-order valence-electron chi connectivity index (χ1n) is 11.1. The molecule has 7 heteroatoms. The molecule has 2 aromatic carbocycles. The molecule has 3 aromatic heterocycles. The molecule has 1 aliphatic rings. The molecule has 0 spiro atoms. The number of pyridine rings is 1. The minimum atomic E-state index is -0.250. The highest BCUT2D eigenvalue weighted by Gasteiger charge is 2.28. The lowest BCUT2D eigenvalue weighted by Crippen LogP contribution is -2.17. The second kappa shape index (κ2) is 8.01. The van der Waals surface area contributed by atoms with Gasteiger partial charge in [0.05, 0.1) is 24.3 Å². The zero-order chi connectivity index (χ0) is 22.4. The van der Waals surface area contributed by atoms with E-state index in [0.29, 0.717) is 11.8 Å². The Labute approximate surface area is 190 Å². The first-order valence-corrected chi connectivity index (χ1v) is 11.1. The van der Waals surface area contributed by atoms with Crippen molar-refractivity contribution in [1.82, 2.24) is 19.7 Å². The SMILES string of the molecule is COc1ccc(-c2c(C3CCOCC3)n(-c3ccc(F)cc3)c3cc4cn[nH]c4cc23)cn1. The topological polar surface area (TPSA) is 65.0 Å². The van der Waals surface area contributed by atoms with Crippen molar-refractivity contribution in [2.75, 3.05) is 20.3 Å². The summed E-state index contributed by atoms with van der Waals surface area (Å²) < 4.78 is 27.1. The van der Waals surface area contributed by atoms with E-state index in [4.69, 9.17) is 9.47 Å². The summed E-state index contributed by atoms with van der Waals surface area (Å²) in [7, 11) is 1.62. The lowest BCUT2D eigenvalue weighted by Gasteiger charge is -2.25. The third kappa shape index (κ3) is 3.36. The van der Waals surface area contributed by atoms with Crippen LogP contribution in [0.3, 0.4) is 0 Å². The minimum absolute atomic E-state index is 0.250. The Morgan fingerprint density at radius 2 is 1.88 bits per heavy atom. The summed E-state index contributed by atoms with van der Waals surface area (Å²) in [5.74, 6) is 0.619. The molecule has 33 heavy (non-hydrogen) atoms. The molecule has 4 heterocycles. The molecule has 1 fully saturated rings. The summed E-state index contributed by atoms with van der Waals surface area (Å²) in [4.78, 5) is 4.49. The van der Waals surface area contributed by atoms with E-state index in [-0.39, 0.29) is 5.82 Å². The summed E-state index contributed by atoms with van der Waals surface area (Å²) >= 11 is 0. The van der Waals surface area contributed by atoms with Crippen LogP contribution in [0.2, 0.25) is 0 Å². The number of rotatable bonds is 4. The molecule has 1 N–H and O–H groups in total. The number of ether oxygens (including phenoxy) is 2. The molecule has 1 saturated heterocycles. The normalized spacial score (nSPS) is 14.8. The van der Waals surface area contributed by atoms with Crippen molar-refractivity contribution in [3.05, 3.63) is 72.4 Å². The van der Waals surface area contributed by atoms with Gasteiger partial charge in [0.25, 0.3) is 0 Å². The van der Waals surface area contributed by atoms with Gasteiger partial charge in [0.15, 0.2) is 0 Å². The molecule has 1 aliphatic heterocycles. The number of nitrogens with zero attached hydrogens (tertiary/aromatic N) is 3. The van der Waals surface area contributed by atoms with Crippen molar-refractivity contribution < 1.29 is 13.9 Å². The number of hydrogen-bond donors (Lipinski definition) is 1. The molecule has 5 aromatic rings. The molecular weight excluding hydrogens is 419 g/mol. The monoisotopic (exact) mass is 442 g/mol. The van der Waals surface area contributed by atoms with Gasteiger partial charge in [-0.1, -0.05) is 0 Å². The first kappa shape index (κ1) is 19.9. The largest absolute Gasteiger partial charge is 0.481 e.